The Morgan fingerprint density at radius 3 is 2.82 bits per heavy atom. The zero-order valence-corrected chi connectivity index (χ0v) is 15.2. The van der Waals surface area contributed by atoms with Crippen LogP contribution in [-0.2, 0) is 4.74 Å². The molecule has 7 nitrogen and oxygen atoms in total. The van der Waals surface area contributed by atoms with Crippen molar-refractivity contribution in [3.63, 3.8) is 0 Å². The van der Waals surface area contributed by atoms with Gasteiger partial charge in [-0.05, 0) is 37.6 Å². The summed E-state index contributed by atoms with van der Waals surface area (Å²) in [4.78, 5) is 15.6. The predicted octanol–water partition coefficient (Wildman–Crippen LogP) is 2.70. The fraction of sp³-hybridized carbons (Fsp3) is 0.474. The Morgan fingerprint density at radius 2 is 2.04 bits per heavy atom. The number of piperidine rings is 1. The van der Waals surface area contributed by atoms with Crippen molar-refractivity contribution in [2.45, 2.75) is 31.2 Å². The van der Waals surface area contributed by atoms with E-state index in [9.17, 15) is 8.78 Å². The third-order valence-electron chi connectivity index (χ3n) is 5.57. The van der Waals surface area contributed by atoms with E-state index < -0.39 is 6.43 Å². The van der Waals surface area contributed by atoms with Crippen LogP contribution in [0.5, 0.6) is 0 Å². The van der Waals surface area contributed by atoms with Crippen molar-refractivity contribution < 1.29 is 13.5 Å². The molecule has 2 fully saturated rings. The van der Waals surface area contributed by atoms with Gasteiger partial charge < -0.3 is 4.74 Å². The first kappa shape index (κ1) is 17.6. The molecule has 0 amide bonds. The molecule has 0 aliphatic carbocycles. The second-order valence-corrected chi connectivity index (χ2v) is 7.33. The van der Waals surface area contributed by atoms with E-state index in [2.05, 4.69) is 25.0 Å². The van der Waals surface area contributed by atoms with Crippen LogP contribution < -0.4 is 0 Å². The Morgan fingerprint density at radius 1 is 1.14 bits per heavy atom. The van der Waals surface area contributed by atoms with Crippen LogP contribution in [0.1, 0.15) is 36.6 Å². The molecule has 0 radical (unpaired) electrons. The molecule has 0 aromatic carbocycles. The van der Waals surface area contributed by atoms with E-state index in [0.717, 1.165) is 44.8 Å². The van der Waals surface area contributed by atoms with E-state index in [1.54, 1.807) is 12.3 Å². The van der Waals surface area contributed by atoms with Gasteiger partial charge in [0.25, 0.3) is 6.43 Å². The number of fused-ring (bicyclic) bond motifs is 1. The van der Waals surface area contributed by atoms with E-state index in [1.165, 1.54) is 16.9 Å². The summed E-state index contributed by atoms with van der Waals surface area (Å²) < 4.78 is 32.8. The van der Waals surface area contributed by atoms with Crippen molar-refractivity contribution in [3.8, 4) is 11.4 Å². The molecular weight excluding hydrogens is 366 g/mol. The molecule has 146 valence electrons. The number of hydrogen-bond acceptors (Lipinski definition) is 6. The van der Waals surface area contributed by atoms with E-state index in [1.807, 2.05) is 6.07 Å². The van der Waals surface area contributed by atoms with Gasteiger partial charge in [-0.2, -0.15) is 5.10 Å². The van der Waals surface area contributed by atoms with Gasteiger partial charge in [0, 0.05) is 18.2 Å². The largest absolute Gasteiger partial charge is 0.378 e. The van der Waals surface area contributed by atoms with Crippen LogP contribution in [0.2, 0.25) is 0 Å². The molecule has 9 heteroatoms. The molecule has 1 atom stereocenters. The summed E-state index contributed by atoms with van der Waals surface area (Å²) in [6.45, 7) is 3.66. The lowest BCUT2D eigenvalue weighted by atomic mass is 9.92. The fourth-order valence-electron chi connectivity index (χ4n) is 3.93. The van der Waals surface area contributed by atoms with Gasteiger partial charge in [0.15, 0.2) is 5.65 Å². The third kappa shape index (κ3) is 3.14. The summed E-state index contributed by atoms with van der Waals surface area (Å²) in [5.74, 6) is 0.319. The van der Waals surface area contributed by atoms with Crippen LogP contribution in [0.25, 0.3) is 17.0 Å². The van der Waals surface area contributed by atoms with Crippen LogP contribution in [0, 0.1) is 0 Å². The van der Waals surface area contributed by atoms with Gasteiger partial charge in [0.2, 0.25) is 0 Å². The summed E-state index contributed by atoms with van der Waals surface area (Å²) in [5.41, 5.74) is 2.41. The number of ether oxygens (including phenoxy) is 1. The van der Waals surface area contributed by atoms with Crippen molar-refractivity contribution in [1.29, 1.82) is 0 Å². The SMILES string of the molecule is FC(F)c1ccc2ncc(-c3cc([C@H]4CCCN(C5COC5)C4)ncn3)n2n1. The van der Waals surface area contributed by atoms with Crippen molar-refractivity contribution in [2.24, 2.45) is 0 Å². The summed E-state index contributed by atoms with van der Waals surface area (Å²) in [6, 6.07) is 5.29. The molecule has 0 saturated carbocycles. The molecule has 3 aromatic heterocycles. The Labute approximate surface area is 160 Å². The molecule has 0 unspecified atom stereocenters. The quantitative estimate of drug-likeness (QED) is 0.687. The molecule has 0 bridgehead atoms. The minimum atomic E-state index is -2.63. The fourth-order valence-corrected chi connectivity index (χ4v) is 3.93. The lowest BCUT2D eigenvalue weighted by molar-refractivity contribution is -0.0723. The first-order valence-corrected chi connectivity index (χ1v) is 9.46. The molecule has 2 aliphatic rings. The maximum Gasteiger partial charge on any atom is 0.282 e. The molecule has 28 heavy (non-hydrogen) atoms. The lowest BCUT2D eigenvalue weighted by Crippen LogP contribution is -2.52. The summed E-state index contributed by atoms with van der Waals surface area (Å²) in [7, 11) is 0. The van der Waals surface area contributed by atoms with Crippen LogP contribution in [0.3, 0.4) is 0 Å². The van der Waals surface area contributed by atoms with Crippen molar-refractivity contribution >= 4 is 5.65 Å². The smallest absolute Gasteiger partial charge is 0.282 e. The highest BCUT2D eigenvalue weighted by molar-refractivity contribution is 5.59. The molecule has 5 rings (SSSR count). The van der Waals surface area contributed by atoms with Crippen molar-refractivity contribution in [1.82, 2.24) is 29.5 Å². The van der Waals surface area contributed by atoms with Crippen molar-refractivity contribution in [2.75, 3.05) is 26.3 Å². The van der Waals surface area contributed by atoms with Gasteiger partial charge in [0.1, 0.15) is 17.7 Å². The second kappa shape index (κ2) is 7.14. The van der Waals surface area contributed by atoms with Crippen LogP contribution >= 0.6 is 0 Å². The molecule has 5 heterocycles. The first-order valence-electron chi connectivity index (χ1n) is 9.46. The molecular formula is C19H20F2N6O. The highest BCUT2D eigenvalue weighted by Crippen LogP contribution is 2.30. The lowest BCUT2D eigenvalue weighted by Gasteiger charge is -2.41. The second-order valence-electron chi connectivity index (χ2n) is 7.33. The predicted molar refractivity (Wildman–Crippen MR) is 97.1 cm³/mol. The summed E-state index contributed by atoms with van der Waals surface area (Å²) in [5, 5.41) is 4.03. The standard InChI is InChI=1S/C19H20F2N6O/c20-19(21)14-3-4-18-22-7-17(27(18)25-14)16-6-15(23-11-24-16)12-2-1-5-26(8-12)13-9-28-10-13/h3-4,6-7,11-13,19H,1-2,5,8-10H2/t12-/m0/s1. The van der Waals surface area contributed by atoms with Crippen LogP contribution in [0.15, 0.2) is 30.7 Å². The summed E-state index contributed by atoms with van der Waals surface area (Å²) in [6.07, 6.45) is 2.70. The Hall–Kier alpha value is -2.52. The van der Waals surface area contributed by atoms with Crippen LogP contribution in [0.4, 0.5) is 8.78 Å². The minimum Gasteiger partial charge on any atom is -0.378 e. The van der Waals surface area contributed by atoms with E-state index in [0.29, 0.717) is 29.0 Å². The topological polar surface area (TPSA) is 68.4 Å². The van der Waals surface area contributed by atoms with Gasteiger partial charge in [0.05, 0.1) is 31.1 Å². The number of hydrogen-bond donors (Lipinski definition) is 0. The number of imidazole rings is 1. The molecule has 0 spiro atoms. The average Bonchev–Trinajstić information content (AvgIpc) is 3.10. The Bertz CT molecular complexity index is 989. The van der Waals surface area contributed by atoms with Crippen LogP contribution in [-0.4, -0.2) is 61.8 Å². The number of likely N-dealkylation sites (tertiary alicyclic amines) is 1. The van der Waals surface area contributed by atoms with Gasteiger partial charge in [-0.15, -0.1) is 0 Å². The molecule has 3 aromatic rings. The van der Waals surface area contributed by atoms with Crippen molar-refractivity contribution in [3.05, 3.63) is 42.1 Å². The highest BCUT2D eigenvalue weighted by Gasteiger charge is 2.31. The van der Waals surface area contributed by atoms with Gasteiger partial charge in [-0.25, -0.2) is 28.2 Å². The number of halogens is 2. The monoisotopic (exact) mass is 386 g/mol. The minimum absolute atomic E-state index is 0.285. The Kier molecular flexibility index (Phi) is 4.48. The molecule has 0 N–H and O–H groups in total. The Balaban J connectivity index is 1.45. The molecule has 2 saturated heterocycles. The van der Waals surface area contributed by atoms with Gasteiger partial charge >= 0.3 is 0 Å². The zero-order valence-electron chi connectivity index (χ0n) is 15.2. The summed E-state index contributed by atoms with van der Waals surface area (Å²) >= 11 is 0. The van der Waals surface area contributed by atoms with E-state index >= 15 is 0 Å². The maximum atomic E-state index is 13.0. The highest BCUT2D eigenvalue weighted by atomic mass is 19.3. The number of rotatable bonds is 4. The molecule has 2 aliphatic heterocycles. The maximum absolute atomic E-state index is 13.0. The number of aromatic nitrogens is 5. The number of alkyl halides is 2. The van der Waals surface area contributed by atoms with E-state index in [4.69, 9.17) is 4.74 Å². The van der Waals surface area contributed by atoms with E-state index in [-0.39, 0.29) is 5.69 Å². The van der Waals surface area contributed by atoms with Gasteiger partial charge in [-0.1, -0.05) is 0 Å². The normalized spacial score (nSPS) is 21.3. The van der Waals surface area contributed by atoms with Gasteiger partial charge in [-0.3, -0.25) is 4.90 Å². The third-order valence-corrected chi connectivity index (χ3v) is 5.57. The average molecular weight is 386 g/mol. The number of nitrogens with zero attached hydrogens (tertiary/aromatic N) is 6. The zero-order chi connectivity index (χ0) is 19.1. The first-order chi connectivity index (χ1) is 13.7.